The Labute approximate surface area is 119 Å². The number of benzene rings is 1. The minimum atomic E-state index is -0.229. The van der Waals surface area contributed by atoms with Crippen LogP contribution in [0.15, 0.2) is 18.2 Å². The highest BCUT2D eigenvalue weighted by Gasteiger charge is 2.21. The van der Waals surface area contributed by atoms with Crippen LogP contribution >= 0.6 is 0 Å². The smallest absolute Gasteiger partial charge is 0.255 e. The number of carbonyl (C=O) groups excluding carboxylic acids is 1. The van der Waals surface area contributed by atoms with Gasteiger partial charge in [0, 0.05) is 6.54 Å². The predicted octanol–water partition coefficient (Wildman–Crippen LogP) is 1.56. The molecule has 0 spiro atoms. The van der Waals surface area contributed by atoms with E-state index in [1.807, 2.05) is 0 Å². The van der Waals surface area contributed by atoms with Crippen LogP contribution in [0.2, 0.25) is 0 Å². The Morgan fingerprint density at radius 3 is 3.00 bits per heavy atom. The molecule has 1 fully saturated rings. The molecule has 0 saturated heterocycles. The maximum Gasteiger partial charge on any atom is 0.255 e. The van der Waals surface area contributed by atoms with Crippen LogP contribution in [-0.4, -0.2) is 30.8 Å². The van der Waals surface area contributed by atoms with Gasteiger partial charge in [-0.25, -0.2) is 0 Å². The monoisotopic (exact) mass is 278 g/mol. The number of hydrogen-bond donors (Lipinski definition) is 3. The average Bonchev–Trinajstić information content (AvgIpc) is 2.44. The third-order valence-electron chi connectivity index (χ3n) is 3.80. The molecule has 1 aliphatic carbocycles. The van der Waals surface area contributed by atoms with Crippen molar-refractivity contribution in [2.75, 3.05) is 19.4 Å². The first-order valence-corrected chi connectivity index (χ1v) is 7.00. The van der Waals surface area contributed by atoms with Crippen LogP contribution in [0.25, 0.3) is 0 Å². The lowest BCUT2D eigenvalue weighted by molar-refractivity contribution is 0.0871. The second-order valence-electron chi connectivity index (χ2n) is 5.32. The number of nitrogens with one attached hydrogen (secondary N) is 1. The summed E-state index contributed by atoms with van der Waals surface area (Å²) in [4.78, 5) is 12.2. The number of methoxy groups -OCH3 is 1. The fourth-order valence-electron chi connectivity index (χ4n) is 2.74. The van der Waals surface area contributed by atoms with Gasteiger partial charge in [0.2, 0.25) is 0 Å². The molecule has 0 aliphatic heterocycles. The lowest BCUT2D eigenvalue weighted by Crippen LogP contribution is -2.33. The van der Waals surface area contributed by atoms with Gasteiger partial charge in [-0.15, -0.1) is 0 Å². The molecule has 0 bridgehead atoms. The summed E-state index contributed by atoms with van der Waals surface area (Å²) in [5.74, 6) is 0.567. The first-order chi connectivity index (χ1) is 9.61. The summed E-state index contributed by atoms with van der Waals surface area (Å²) in [5, 5.41) is 12.5. The number of rotatable bonds is 4. The highest BCUT2D eigenvalue weighted by Crippen LogP contribution is 2.26. The second kappa shape index (κ2) is 6.61. The number of nitrogens with two attached hydrogens (primary N) is 1. The largest absolute Gasteiger partial charge is 0.494 e. The van der Waals surface area contributed by atoms with E-state index in [0.717, 1.165) is 25.7 Å². The maximum atomic E-state index is 12.2. The Morgan fingerprint density at radius 2 is 2.30 bits per heavy atom. The molecular weight excluding hydrogens is 256 g/mol. The van der Waals surface area contributed by atoms with Crippen LogP contribution in [0.1, 0.15) is 36.0 Å². The van der Waals surface area contributed by atoms with Crippen molar-refractivity contribution >= 4 is 11.6 Å². The summed E-state index contributed by atoms with van der Waals surface area (Å²) in [6, 6.07) is 5.13. The molecular formula is C15H22N2O3. The number of hydrogen-bond acceptors (Lipinski definition) is 4. The van der Waals surface area contributed by atoms with E-state index in [0.29, 0.717) is 29.5 Å². The van der Waals surface area contributed by atoms with Gasteiger partial charge in [-0.3, -0.25) is 4.79 Å². The molecule has 5 heteroatoms. The van der Waals surface area contributed by atoms with E-state index in [4.69, 9.17) is 10.5 Å². The summed E-state index contributed by atoms with van der Waals surface area (Å²) in [6.07, 6.45) is 3.46. The van der Waals surface area contributed by atoms with Gasteiger partial charge in [-0.05, 0) is 37.3 Å². The quantitative estimate of drug-likeness (QED) is 0.730. The van der Waals surface area contributed by atoms with Gasteiger partial charge >= 0.3 is 0 Å². The van der Waals surface area contributed by atoms with Crippen LogP contribution < -0.4 is 15.8 Å². The van der Waals surface area contributed by atoms with E-state index < -0.39 is 0 Å². The van der Waals surface area contributed by atoms with E-state index in [9.17, 15) is 9.90 Å². The van der Waals surface area contributed by atoms with Crippen LogP contribution in [0.4, 0.5) is 5.69 Å². The topological polar surface area (TPSA) is 84.6 Å². The minimum Gasteiger partial charge on any atom is -0.494 e. The van der Waals surface area contributed by atoms with Gasteiger partial charge in [0.1, 0.15) is 0 Å². The molecule has 1 amide bonds. The highest BCUT2D eigenvalue weighted by atomic mass is 16.5. The molecule has 2 rings (SSSR count). The van der Waals surface area contributed by atoms with Crippen LogP contribution in [-0.2, 0) is 0 Å². The number of aliphatic hydroxyl groups excluding tert-OH is 1. The molecule has 0 aromatic heterocycles. The minimum absolute atomic E-state index is 0.186. The Balaban J connectivity index is 1.96. The number of carbonyl (C=O) groups is 1. The average molecular weight is 278 g/mol. The molecule has 0 radical (unpaired) electrons. The Morgan fingerprint density at radius 1 is 1.50 bits per heavy atom. The predicted molar refractivity (Wildman–Crippen MR) is 77.7 cm³/mol. The van der Waals surface area contributed by atoms with Crippen LogP contribution in [0.5, 0.6) is 5.75 Å². The molecule has 20 heavy (non-hydrogen) atoms. The van der Waals surface area contributed by atoms with Gasteiger partial charge in [0.05, 0.1) is 24.5 Å². The Hall–Kier alpha value is -1.75. The van der Waals surface area contributed by atoms with Crippen LogP contribution in [0.3, 0.4) is 0 Å². The van der Waals surface area contributed by atoms with Crippen molar-refractivity contribution in [1.29, 1.82) is 0 Å². The number of amides is 1. The van der Waals surface area contributed by atoms with Gasteiger partial charge in [-0.2, -0.15) is 0 Å². The Bertz CT molecular complexity index is 476. The number of para-hydroxylation sites is 1. The third-order valence-corrected chi connectivity index (χ3v) is 3.80. The normalized spacial score (nSPS) is 22.3. The van der Waals surface area contributed by atoms with E-state index in [2.05, 4.69) is 5.32 Å². The van der Waals surface area contributed by atoms with Gasteiger partial charge in [0.15, 0.2) is 5.75 Å². The second-order valence-corrected chi connectivity index (χ2v) is 5.32. The van der Waals surface area contributed by atoms with E-state index >= 15 is 0 Å². The zero-order chi connectivity index (χ0) is 14.5. The fourth-order valence-corrected chi connectivity index (χ4v) is 2.74. The standard InChI is InChI=1S/C15H22N2O3/c1-20-14-12(6-3-7-13(14)16)15(19)17-9-10-4-2-5-11(18)8-10/h3,6-7,10-11,18H,2,4-5,8-9,16H2,1H3,(H,17,19). The molecule has 1 aromatic carbocycles. The first kappa shape index (κ1) is 14.7. The van der Waals surface area contributed by atoms with Crippen LogP contribution in [0, 0.1) is 5.92 Å². The zero-order valence-electron chi connectivity index (χ0n) is 11.8. The molecule has 2 atom stereocenters. The molecule has 0 heterocycles. The molecule has 5 nitrogen and oxygen atoms in total. The SMILES string of the molecule is COc1c(N)cccc1C(=O)NCC1CCCC(O)C1. The van der Waals surface area contributed by atoms with Gasteiger partial charge in [0.25, 0.3) is 5.91 Å². The summed E-state index contributed by atoms with van der Waals surface area (Å²) in [7, 11) is 1.50. The fraction of sp³-hybridized carbons (Fsp3) is 0.533. The first-order valence-electron chi connectivity index (χ1n) is 7.00. The summed E-state index contributed by atoms with van der Waals surface area (Å²) < 4.78 is 5.18. The van der Waals surface area contributed by atoms with Crippen molar-refractivity contribution < 1.29 is 14.6 Å². The molecule has 110 valence electrons. The van der Waals surface area contributed by atoms with Crippen molar-refractivity contribution in [3.8, 4) is 5.75 Å². The maximum absolute atomic E-state index is 12.2. The van der Waals surface area contributed by atoms with E-state index in [1.54, 1.807) is 18.2 Å². The third kappa shape index (κ3) is 3.42. The van der Waals surface area contributed by atoms with E-state index in [-0.39, 0.29) is 12.0 Å². The lowest BCUT2D eigenvalue weighted by atomic mass is 9.87. The van der Waals surface area contributed by atoms with Crippen molar-refractivity contribution in [2.24, 2.45) is 5.92 Å². The lowest BCUT2D eigenvalue weighted by Gasteiger charge is -2.26. The van der Waals surface area contributed by atoms with Gasteiger partial charge < -0.3 is 20.9 Å². The number of aliphatic hydroxyl groups is 1. The van der Waals surface area contributed by atoms with Crippen molar-refractivity contribution in [3.63, 3.8) is 0 Å². The van der Waals surface area contributed by atoms with Crippen molar-refractivity contribution in [2.45, 2.75) is 31.8 Å². The van der Waals surface area contributed by atoms with Crippen molar-refractivity contribution in [1.82, 2.24) is 5.32 Å². The highest BCUT2D eigenvalue weighted by molar-refractivity contribution is 5.98. The summed E-state index contributed by atoms with van der Waals surface area (Å²) in [6.45, 7) is 0.577. The number of ether oxygens (including phenoxy) is 1. The molecule has 4 N–H and O–H groups in total. The molecule has 1 aliphatic rings. The van der Waals surface area contributed by atoms with Crippen molar-refractivity contribution in [3.05, 3.63) is 23.8 Å². The summed E-state index contributed by atoms with van der Waals surface area (Å²) >= 11 is 0. The molecule has 2 unspecified atom stereocenters. The van der Waals surface area contributed by atoms with E-state index in [1.165, 1.54) is 7.11 Å². The van der Waals surface area contributed by atoms with Gasteiger partial charge in [-0.1, -0.05) is 12.5 Å². The Kier molecular flexibility index (Phi) is 4.84. The number of anilines is 1. The molecule has 1 aromatic rings. The molecule has 1 saturated carbocycles. The number of nitrogen functional groups attached to an aromatic ring is 1. The zero-order valence-corrected chi connectivity index (χ0v) is 11.8. The summed E-state index contributed by atoms with van der Waals surface area (Å²) in [5.41, 5.74) is 6.69.